The third kappa shape index (κ3) is 5.52. The first-order chi connectivity index (χ1) is 17.1. The summed E-state index contributed by atoms with van der Waals surface area (Å²) < 4.78 is 49.4. The van der Waals surface area contributed by atoms with Gasteiger partial charge in [0.2, 0.25) is 6.35 Å². The minimum atomic E-state index is -4.86. The molecule has 1 amide bonds. The van der Waals surface area contributed by atoms with Crippen LogP contribution in [0.25, 0.3) is 0 Å². The Morgan fingerprint density at radius 3 is 2.50 bits per heavy atom. The van der Waals surface area contributed by atoms with E-state index in [4.69, 9.17) is 16.3 Å². The fourth-order valence-corrected chi connectivity index (χ4v) is 3.95. The number of halogens is 4. The van der Waals surface area contributed by atoms with Crippen LogP contribution in [0, 0.1) is 0 Å². The topological polar surface area (TPSA) is 80.1 Å². The summed E-state index contributed by atoms with van der Waals surface area (Å²) in [5.41, 5.74) is 0.965. The molecule has 0 spiro atoms. The van der Waals surface area contributed by atoms with Gasteiger partial charge in [0.25, 0.3) is 5.91 Å². The quantitative estimate of drug-likeness (QED) is 0.434. The van der Waals surface area contributed by atoms with Gasteiger partial charge < -0.3 is 19.5 Å². The fourth-order valence-electron chi connectivity index (χ4n) is 3.82. The molecule has 4 rings (SSSR count). The number of fused-ring (bicyclic) bond motifs is 1. The zero-order valence-corrected chi connectivity index (χ0v) is 20.3. The van der Waals surface area contributed by atoms with Crippen LogP contribution in [0.3, 0.4) is 0 Å². The Balaban J connectivity index is 1.76. The summed E-state index contributed by atoms with van der Waals surface area (Å²) in [6.45, 7) is 2.47. The van der Waals surface area contributed by atoms with E-state index in [-0.39, 0.29) is 29.8 Å². The first-order valence-electron chi connectivity index (χ1n) is 11.2. The minimum absolute atomic E-state index is 0.0231. The number of hydrogen-bond donors (Lipinski definition) is 1. The molecule has 12 heteroatoms. The van der Waals surface area contributed by atoms with E-state index in [1.54, 1.807) is 31.3 Å². The van der Waals surface area contributed by atoms with Crippen LogP contribution in [0.2, 0.25) is 5.02 Å². The molecule has 192 valence electrons. The Kier molecular flexibility index (Phi) is 7.32. The lowest BCUT2D eigenvalue weighted by molar-refractivity contribution is -0.274. The van der Waals surface area contributed by atoms with E-state index in [1.165, 1.54) is 26.5 Å². The van der Waals surface area contributed by atoms with Crippen molar-refractivity contribution in [1.82, 2.24) is 14.5 Å². The third-order valence-electron chi connectivity index (χ3n) is 5.59. The SMILES string of the molecule is CCCCN1C(=O)c2c(nc(Oc3cccc(OC(F)(F)F)c3)n2Cc2ccc(Cl)cc2)N(C)C1O. The lowest BCUT2D eigenvalue weighted by Gasteiger charge is -2.38. The van der Waals surface area contributed by atoms with Crippen molar-refractivity contribution < 1.29 is 32.5 Å². The summed E-state index contributed by atoms with van der Waals surface area (Å²) in [6, 6.07) is 11.9. The molecule has 2 heterocycles. The minimum Gasteiger partial charge on any atom is -0.425 e. The molecule has 0 radical (unpaired) electrons. The van der Waals surface area contributed by atoms with Crippen LogP contribution < -0.4 is 14.4 Å². The van der Waals surface area contributed by atoms with Gasteiger partial charge in [0.15, 0.2) is 11.5 Å². The Morgan fingerprint density at radius 1 is 1.14 bits per heavy atom. The molecule has 0 bridgehead atoms. The average molecular weight is 525 g/mol. The Labute approximate surface area is 210 Å². The number of alkyl halides is 3. The highest BCUT2D eigenvalue weighted by Crippen LogP contribution is 2.36. The summed E-state index contributed by atoms with van der Waals surface area (Å²) in [6.07, 6.45) is -4.58. The zero-order chi connectivity index (χ0) is 26.0. The van der Waals surface area contributed by atoms with Gasteiger partial charge >= 0.3 is 12.4 Å². The highest BCUT2D eigenvalue weighted by Gasteiger charge is 2.40. The number of imidazole rings is 1. The van der Waals surface area contributed by atoms with Gasteiger partial charge in [0.1, 0.15) is 11.5 Å². The molecule has 1 aliphatic rings. The van der Waals surface area contributed by atoms with Gasteiger partial charge in [-0.1, -0.05) is 43.1 Å². The van der Waals surface area contributed by atoms with Gasteiger partial charge in [-0.25, -0.2) is 0 Å². The van der Waals surface area contributed by atoms with Gasteiger partial charge in [-0.05, 0) is 36.2 Å². The highest BCUT2D eigenvalue weighted by molar-refractivity contribution is 6.30. The molecule has 1 aromatic heterocycles. The molecule has 1 unspecified atom stereocenters. The number of ether oxygens (including phenoxy) is 2. The van der Waals surface area contributed by atoms with Crippen molar-refractivity contribution in [2.24, 2.45) is 0 Å². The lowest BCUT2D eigenvalue weighted by atomic mass is 10.2. The summed E-state index contributed by atoms with van der Waals surface area (Å²) in [5, 5.41) is 11.3. The standard InChI is InChI=1S/C24H24ClF3N4O4/c1-3-4-12-31-21(33)19-20(30(2)23(31)34)29-22(32(19)14-15-8-10-16(25)11-9-15)35-17-6-5-7-18(13-17)36-24(26,27)28/h5-11,13,23,34H,3-4,12,14H2,1-2H3. The second kappa shape index (κ2) is 10.3. The Bertz CT molecular complexity index is 1230. The summed E-state index contributed by atoms with van der Waals surface area (Å²) in [5.74, 6) is -0.689. The van der Waals surface area contributed by atoms with Gasteiger partial charge in [-0.2, -0.15) is 4.98 Å². The van der Waals surface area contributed by atoms with Crippen molar-refractivity contribution in [1.29, 1.82) is 0 Å². The molecular weight excluding hydrogens is 501 g/mol. The summed E-state index contributed by atoms with van der Waals surface area (Å²) >= 11 is 6.00. The molecule has 0 fully saturated rings. The van der Waals surface area contributed by atoms with Crippen LogP contribution in [0.4, 0.5) is 19.0 Å². The molecule has 8 nitrogen and oxygen atoms in total. The highest BCUT2D eigenvalue weighted by atomic mass is 35.5. The fraction of sp³-hybridized carbons (Fsp3) is 0.333. The van der Waals surface area contributed by atoms with Crippen LogP contribution in [0.5, 0.6) is 17.5 Å². The maximum atomic E-state index is 13.5. The van der Waals surface area contributed by atoms with Crippen LogP contribution in [-0.4, -0.2) is 51.8 Å². The number of carbonyl (C=O) groups excluding carboxylic acids is 1. The predicted molar refractivity (Wildman–Crippen MR) is 126 cm³/mol. The average Bonchev–Trinajstić information content (AvgIpc) is 3.16. The van der Waals surface area contributed by atoms with Crippen LogP contribution in [-0.2, 0) is 6.54 Å². The van der Waals surface area contributed by atoms with Crippen molar-refractivity contribution in [2.45, 2.75) is 39.0 Å². The van der Waals surface area contributed by atoms with Crippen molar-refractivity contribution in [3.05, 3.63) is 64.8 Å². The molecule has 0 aliphatic carbocycles. The summed E-state index contributed by atoms with van der Waals surface area (Å²) in [7, 11) is 1.59. The number of aliphatic hydroxyl groups is 1. The predicted octanol–water partition coefficient (Wildman–Crippen LogP) is 5.24. The normalized spacial score (nSPS) is 15.8. The van der Waals surface area contributed by atoms with E-state index in [0.29, 0.717) is 18.0 Å². The first kappa shape index (κ1) is 25.6. The number of carbonyl (C=O) groups is 1. The van der Waals surface area contributed by atoms with Crippen molar-refractivity contribution >= 4 is 23.3 Å². The maximum absolute atomic E-state index is 13.5. The maximum Gasteiger partial charge on any atom is 0.573 e. The van der Waals surface area contributed by atoms with Gasteiger partial charge in [0, 0.05) is 24.7 Å². The number of anilines is 1. The van der Waals surface area contributed by atoms with Gasteiger partial charge in [0.05, 0.1) is 6.54 Å². The number of rotatable bonds is 8. The number of aliphatic hydroxyl groups excluding tert-OH is 1. The molecule has 1 aliphatic heterocycles. The number of benzene rings is 2. The van der Waals surface area contributed by atoms with Crippen LogP contribution in [0.1, 0.15) is 35.8 Å². The third-order valence-corrected chi connectivity index (χ3v) is 5.84. The largest absolute Gasteiger partial charge is 0.573 e. The van der Waals surface area contributed by atoms with E-state index in [1.807, 2.05) is 6.92 Å². The van der Waals surface area contributed by atoms with Crippen molar-refractivity contribution in [2.75, 3.05) is 18.5 Å². The second-order valence-corrected chi connectivity index (χ2v) is 8.65. The van der Waals surface area contributed by atoms with Gasteiger partial charge in [-0.15, -0.1) is 13.2 Å². The second-order valence-electron chi connectivity index (χ2n) is 8.21. The number of nitrogens with zero attached hydrogens (tertiary/aromatic N) is 4. The molecule has 36 heavy (non-hydrogen) atoms. The Morgan fingerprint density at radius 2 is 1.83 bits per heavy atom. The first-order valence-corrected chi connectivity index (χ1v) is 11.6. The molecule has 0 saturated heterocycles. The van der Waals surface area contributed by atoms with E-state index in [9.17, 15) is 23.1 Å². The van der Waals surface area contributed by atoms with E-state index in [0.717, 1.165) is 24.1 Å². The van der Waals surface area contributed by atoms with Crippen molar-refractivity contribution in [3.63, 3.8) is 0 Å². The van der Waals surface area contributed by atoms with Crippen LogP contribution in [0.15, 0.2) is 48.5 Å². The zero-order valence-electron chi connectivity index (χ0n) is 19.5. The molecular formula is C24H24ClF3N4O4. The van der Waals surface area contributed by atoms with Crippen LogP contribution >= 0.6 is 11.6 Å². The molecule has 2 aromatic carbocycles. The monoisotopic (exact) mass is 524 g/mol. The van der Waals surface area contributed by atoms with Gasteiger partial charge in [-0.3, -0.25) is 14.3 Å². The lowest BCUT2D eigenvalue weighted by Crippen LogP contribution is -2.54. The summed E-state index contributed by atoms with van der Waals surface area (Å²) in [4.78, 5) is 20.7. The Hall–Kier alpha value is -3.44. The molecule has 1 atom stereocenters. The van der Waals surface area contributed by atoms with E-state index < -0.39 is 24.4 Å². The number of unbranched alkanes of at least 4 members (excludes halogenated alkanes) is 1. The molecule has 1 N–H and O–H groups in total. The van der Waals surface area contributed by atoms with E-state index >= 15 is 0 Å². The molecule has 3 aromatic rings. The number of amides is 1. The molecule has 0 saturated carbocycles. The smallest absolute Gasteiger partial charge is 0.425 e. The van der Waals surface area contributed by atoms with E-state index in [2.05, 4.69) is 9.72 Å². The van der Waals surface area contributed by atoms with Crippen molar-refractivity contribution in [3.8, 4) is 17.5 Å². The number of hydrogen-bond acceptors (Lipinski definition) is 6. The number of aromatic nitrogens is 2.